The number of ether oxygens (including phenoxy) is 1. The molecule has 20 heavy (non-hydrogen) atoms. The molecular weight excluding hydrogens is 252 g/mol. The highest BCUT2D eigenvalue weighted by Gasteiger charge is 2.18. The van der Waals surface area contributed by atoms with Gasteiger partial charge in [-0.1, -0.05) is 12.1 Å². The Morgan fingerprint density at radius 3 is 2.65 bits per heavy atom. The third-order valence-corrected chi connectivity index (χ3v) is 3.66. The zero-order valence-electron chi connectivity index (χ0n) is 12.6. The van der Waals surface area contributed by atoms with Crippen LogP contribution < -0.4 is 5.32 Å². The Balaban J connectivity index is 1.89. The molecule has 2 rings (SSSR count). The van der Waals surface area contributed by atoms with E-state index in [-0.39, 0.29) is 5.91 Å². The number of amides is 1. The van der Waals surface area contributed by atoms with Crippen molar-refractivity contribution in [2.24, 2.45) is 0 Å². The summed E-state index contributed by atoms with van der Waals surface area (Å²) in [5.41, 5.74) is 2.17. The van der Waals surface area contributed by atoms with Crippen LogP contribution in [-0.4, -0.2) is 43.7 Å². The number of hydrogen-bond acceptors (Lipinski definition) is 3. The van der Waals surface area contributed by atoms with Gasteiger partial charge in [0.25, 0.3) is 0 Å². The quantitative estimate of drug-likeness (QED) is 0.917. The van der Waals surface area contributed by atoms with Gasteiger partial charge in [0.15, 0.2) is 0 Å². The van der Waals surface area contributed by atoms with Crippen molar-refractivity contribution in [1.82, 2.24) is 4.90 Å². The van der Waals surface area contributed by atoms with E-state index in [1.54, 1.807) is 19.0 Å². The monoisotopic (exact) mass is 276 g/mol. The fourth-order valence-electron chi connectivity index (χ4n) is 2.42. The summed E-state index contributed by atoms with van der Waals surface area (Å²) < 4.78 is 5.55. The van der Waals surface area contributed by atoms with Crippen LogP contribution in [0.4, 0.5) is 5.69 Å². The molecule has 1 aliphatic heterocycles. The van der Waals surface area contributed by atoms with Crippen LogP contribution in [0.25, 0.3) is 0 Å². The molecular formula is C16H24N2O2. The first-order valence-electron chi connectivity index (χ1n) is 7.22. The van der Waals surface area contributed by atoms with E-state index in [1.165, 1.54) is 0 Å². The molecule has 2 atom stereocenters. The van der Waals surface area contributed by atoms with Gasteiger partial charge in [-0.25, -0.2) is 0 Å². The van der Waals surface area contributed by atoms with Crippen molar-refractivity contribution in [1.29, 1.82) is 0 Å². The van der Waals surface area contributed by atoms with Gasteiger partial charge in [0.2, 0.25) is 5.91 Å². The van der Waals surface area contributed by atoms with Crippen LogP contribution in [0.3, 0.4) is 0 Å². The molecule has 2 unspecified atom stereocenters. The SMILES string of the molecule is CC1CC(Nc2ccc(CC(=O)N(C)C)cc2)CCO1. The molecule has 0 aliphatic carbocycles. The first-order chi connectivity index (χ1) is 9.54. The summed E-state index contributed by atoms with van der Waals surface area (Å²) in [6.45, 7) is 2.94. The van der Waals surface area contributed by atoms with Gasteiger partial charge in [0.1, 0.15) is 0 Å². The molecule has 1 aliphatic rings. The fourth-order valence-corrected chi connectivity index (χ4v) is 2.42. The molecule has 1 N–H and O–H groups in total. The molecule has 1 heterocycles. The van der Waals surface area contributed by atoms with Crippen LogP contribution in [0.1, 0.15) is 25.3 Å². The number of carbonyl (C=O) groups is 1. The summed E-state index contributed by atoms with van der Waals surface area (Å²) >= 11 is 0. The van der Waals surface area contributed by atoms with Crippen LogP contribution in [-0.2, 0) is 16.0 Å². The largest absolute Gasteiger partial charge is 0.382 e. The summed E-state index contributed by atoms with van der Waals surface area (Å²) in [5.74, 6) is 0.129. The Bertz CT molecular complexity index is 442. The van der Waals surface area contributed by atoms with Crippen LogP contribution in [0.5, 0.6) is 0 Å². The van der Waals surface area contributed by atoms with E-state index in [0.717, 1.165) is 30.7 Å². The summed E-state index contributed by atoms with van der Waals surface area (Å²) in [7, 11) is 3.56. The Hall–Kier alpha value is -1.55. The van der Waals surface area contributed by atoms with Crippen molar-refractivity contribution >= 4 is 11.6 Å². The topological polar surface area (TPSA) is 41.6 Å². The van der Waals surface area contributed by atoms with E-state index in [1.807, 2.05) is 12.1 Å². The molecule has 0 spiro atoms. The number of benzene rings is 1. The van der Waals surface area contributed by atoms with E-state index < -0.39 is 0 Å². The average molecular weight is 276 g/mol. The third kappa shape index (κ3) is 4.23. The van der Waals surface area contributed by atoms with Gasteiger partial charge in [0, 0.05) is 32.4 Å². The highest BCUT2D eigenvalue weighted by atomic mass is 16.5. The zero-order chi connectivity index (χ0) is 14.5. The minimum absolute atomic E-state index is 0.129. The molecule has 1 saturated heterocycles. The maximum atomic E-state index is 11.6. The van der Waals surface area contributed by atoms with Gasteiger partial charge in [-0.3, -0.25) is 4.79 Å². The van der Waals surface area contributed by atoms with Crippen LogP contribution >= 0.6 is 0 Å². The predicted octanol–water partition coefficient (Wildman–Crippen LogP) is 2.30. The van der Waals surface area contributed by atoms with Gasteiger partial charge in [-0.05, 0) is 37.5 Å². The smallest absolute Gasteiger partial charge is 0.226 e. The fraction of sp³-hybridized carbons (Fsp3) is 0.562. The first kappa shape index (κ1) is 14.9. The lowest BCUT2D eigenvalue weighted by Crippen LogP contribution is -2.32. The maximum absolute atomic E-state index is 11.6. The lowest BCUT2D eigenvalue weighted by atomic mass is 10.0. The first-order valence-corrected chi connectivity index (χ1v) is 7.22. The standard InChI is InChI=1S/C16H24N2O2/c1-12-10-15(8-9-20-12)17-14-6-4-13(5-7-14)11-16(19)18(2)3/h4-7,12,15,17H,8-11H2,1-3H3. The number of nitrogens with one attached hydrogen (secondary N) is 1. The number of carbonyl (C=O) groups excluding carboxylic acids is 1. The van der Waals surface area contributed by atoms with E-state index in [9.17, 15) is 4.79 Å². The lowest BCUT2D eigenvalue weighted by Gasteiger charge is -2.28. The summed E-state index contributed by atoms with van der Waals surface area (Å²) in [6.07, 6.45) is 2.88. The second kappa shape index (κ2) is 6.75. The number of anilines is 1. The van der Waals surface area contributed by atoms with Crippen molar-refractivity contribution in [3.8, 4) is 0 Å². The lowest BCUT2D eigenvalue weighted by molar-refractivity contribution is -0.127. The molecule has 4 nitrogen and oxygen atoms in total. The van der Waals surface area contributed by atoms with E-state index in [2.05, 4.69) is 24.4 Å². The molecule has 1 fully saturated rings. The molecule has 1 aromatic carbocycles. The van der Waals surface area contributed by atoms with E-state index in [4.69, 9.17) is 4.74 Å². The molecule has 1 aromatic rings. The Morgan fingerprint density at radius 1 is 1.35 bits per heavy atom. The summed E-state index contributed by atoms with van der Waals surface area (Å²) in [6, 6.07) is 8.63. The van der Waals surface area contributed by atoms with Crippen LogP contribution in [0.15, 0.2) is 24.3 Å². The Labute approximate surface area is 121 Å². The van der Waals surface area contributed by atoms with Crippen molar-refractivity contribution in [2.75, 3.05) is 26.0 Å². The summed E-state index contributed by atoms with van der Waals surface area (Å²) in [5, 5.41) is 3.54. The highest BCUT2D eigenvalue weighted by molar-refractivity contribution is 5.78. The van der Waals surface area contributed by atoms with Crippen molar-refractivity contribution in [3.63, 3.8) is 0 Å². The van der Waals surface area contributed by atoms with E-state index in [0.29, 0.717) is 18.6 Å². The average Bonchev–Trinajstić information content (AvgIpc) is 2.41. The summed E-state index contributed by atoms with van der Waals surface area (Å²) in [4.78, 5) is 13.3. The second-order valence-corrected chi connectivity index (χ2v) is 5.71. The zero-order valence-corrected chi connectivity index (χ0v) is 12.6. The van der Waals surface area contributed by atoms with E-state index >= 15 is 0 Å². The van der Waals surface area contributed by atoms with Crippen molar-refractivity contribution in [3.05, 3.63) is 29.8 Å². The van der Waals surface area contributed by atoms with Gasteiger partial charge in [-0.15, -0.1) is 0 Å². The molecule has 110 valence electrons. The maximum Gasteiger partial charge on any atom is 0.226 e. The van der Waals surface area contributed by atoms with Gasteiger partial charge in [-0.2, -0.15) is 0 Å². The van der Waals surface area contributed by atoms with Gasteiger partial charge < -0.3 is 15.0 Å². The number of nitrogens with zero attached hydrogens (tertiary/aromatic N) is 1. The normalized spacial score (nSPS) is 22.4. The second-order valence-electron chi connectivity index (χ2n) is 5.71. The molecule has 1 amide bonds. The minimum Gasteiger partial charge on any atom is -0.382 e. The Morgan fingerprint density at radius 2 is 2.05 bits per heavy atom. The molecule has 0 radical (unpaired) electrons. The number of hydrogen-bond donors (Lipinski definition) is 1. The van der Waals surface area contributed by atoms with Crippen molar-refractivity contribution < 1.29 is 9.53 Å². The Kier molecular flexibility index (Phi) is 5.01. The van der Waals surface area contributed by atoms with Gasteiger partial charge in [0.05, 0.1) is 12.5 Å². The molecule has 0 aromatic heterocycles. The van der Waals surface area contributed by atoms with Crippen molar-refractivity contribution in [2.45, 2.75) is 38.3 Å². The predicted molar refractivity (Wildman–Crippen MR) is 80.9 cm³/mol. The highest BCUT2D eigenvalue weighted by Crippen LogP contribution is 2.19. The number of likely N-dealkylation sites (N-methyl/N-ethyl adjacent to an activating group) is 1. The molecule has 0 saturated carbocycles. The molecule has 0 bridgehead atoms. The van der Waals surface area contributed by atoms with Crippen LogP contribution in [0.2, 0.25) is 0 Å². The van der Waals surface area contributed by atoms with Gasteiger partial charge >= 0.3 is 0 Å². The third-order valence-electron chi connectivity index (χ3n) is 3.66. The van der Waals surface area contributed by atoms with Crippen LogP contribution in [0, 0.1) is 0 Å². The minimum atomic E-state index is 0.129. The number of rotatable bonds is 4. The molecule has 4 heteroatoms.